The van der Waals surface area contributed by atoms with Crippen molar-refractivity contribution in [2.24, 2.45) is 5.92 Å². The molecule has 0 unspecified atom stereocenters. The Kier molecular flexibility index (Phi) is 6.42. The molecule has 0 aromatic heterocycles. The van der Waals surface area contributed by atoms with Crippen molar-refractivity contribution >= 4 is 17.7 Å². The molecule has 7 nitrogen and oxygen atoms in total. The fourth-order valence-corrected chi connectivity index (χ4v) is 4.36. The zero-order chi connectivity index (χ0) is 21.8. The number of amides is 1. The van der Waals surface area contributed by atoms with Gasteiger partial charge in [0.1, 0.15) is 11.9 Å². The molecule has 2 aromatic carbocycles. The highest BCUT2D eigenvalue weighted by Gasteiger charge is 2.37. The zero-order valence-electron chi connectivity index (χ0n) is 18.0. The Bertz CT molecular complexity index is 922. The van der Waals surface area contributed by atoms with E-state index in [9.17, 15) is 9.59 Å². The molecule has 1 atom stereocenters. The molecule has 0 saturated carbocycles. The second-order valence-electron chi connectivity index (χ2n) is 8.04. The molecular weight excluding hydrogens is 396 g/mol. The topological polar surface area (TPSA) is 68.3 Å². The lowest BCUT2D eigenvalue weighted by molar-refractivity contribution is -0.0311. The van der Waals surface area contributed by atoms with Crippen LogP contribution in [0.25, 0.3) is 0 Å². The van der Waals surface area contributed by atoms with Gasteiger partial charge >= 0.3 is 12.1 Å². The number of hydrogen-bond acceptors (Lipinski definition) is 6. The highest BCUT2D eigenvalue weighted by atomic mass is 16.6. The van der Waals surface area contributed by atoms with Crippen molar-refractivity contribution in [3.8, 4) is 5.75 Å². The predicted molar refractivity (Wildman–Crippen MR) is 116 cm³/mol. The average molecular weight is 424 g/mol. The van der Waals surface area contributed by atoms with Crippen molar-refractivity contribution in [3.05, 3.63) is 59.7 Å². The van der Waals surface area contributed by atoms with Crippen LogP contribution in [-0.4, -0.2) is 56.9 Å². The largest absolute Gasteiger partial charge is 0.497 e. The Morgan fingerprint density at radius 2 is 1.81 bits per heavy atom. The third kappa shape index (κ3) is 4.82. The molecule has 2 bridgehead atoms. The number of hydrogen-bond donors (Lipinski definition) is 0. The zero-order valence-corrected chi connectivity index (χ0v) is 18.0. The standard InChI is InChI=1S/C24H28N2O5/c1-29-21-8-6-20(7-9-21)26(15-17-4-3-5-19(14-17)23(27)30-2)24(28)31-22-16-25-12-10-18(22)11-13-25/h3-9,14,18,22H,10-13,15-16H2,1-2H3/t22-/m0/s1. The van der Waals surface area contributed by atoms with Gasteiger partial charge in [-0.1, -0.05) is 12.1 Å². The molecule has 0 spiro atoms. The number of nitrogens with zero attached hydrogens (tertiary/aromatic N) is 2. The maximum absolute atomic E-state index is 13.3. The first-order valence-corrected chi connectivity index (χ1v) is 10.6. The van der Waals surface area contributed by atoms with Gasteiger partial charge in [0.15, 0.2) is 0 Å². The molecule has 164 valence electrons. The van der Waals surface area contributed by atoms with E-state index in [0.717, 1.165) is 38.0 Å². The van der Waals surface area contributed by atoms with Crippen LogP contribution in [0.3, 0.4) is 0 Å². The molecular formula is C24H28N2O5. The van der Waals surface area contributed by atoms with E-state index in [4.69, 9.17) is 14.2 Å². The minimum atomic E-state index is -0.410. The Balaban J connectivity index is 1.56. The van der Waals surface area contributed by atoms with Crippen LogP contribution >= 0.6 is 0 Å². The fourth-order valence-electron chi connectivity index (χ4n) is 4.36. The van der Waals surface area contributed by atoms with E-state index in [1.165, 1.54) is 7.11 Å². The summed E-state index contributed by atoms with van der Waals surface area (Å²) in [5.74, 6) is 0.726. The molecule has 1 amide bonds. The average Bonchev–Trinajstić information content (AvgIpc) is 2.83. The van der Waals surface area contributed by atoms with Crippen LogP contribution in [0, 0.1) is 5.92 Å². The molecule has 5 rings (SSSR count). The third-order valence-electron chi connectivity index (χ3n) is 6.14. The van der Waals surface area contributed by atoms with Crippen molar-refractivity contribution in [2.75, 3.05) is 38.8 Å². The summed E-state index contributed by atoms with van der Waals surface area (Å²) in [6, 6.07) is 14.4. The highest BCUT2D eigenvalue weighted by molar-refractivity contribution is 5.90. The van der Waals surface area contributed by atoms with Crippen LogP contribution in [0.5, 0.6) is 5.75 Å². The molecule has 0 aliphatic carbocycles. The molecule has 0 N–H and O–H groups in total. The second-order valence-corrected chi connectivity index (χ2v) is 8.04. The smallest absolute Gasteiger partial charge is 0.414 e. The minimum Gasteiger partial charge on any atom is -0.497 e. The van der Waals surface area contributed by atoms with Gasteiger partial charge < -0.3 is 14.2 Å². The van der Waals surface area contributed by atoms with Crippen LogP contribution in [0.4, 0.5) is 10.5 Å². The van der Waals surface area contributed by atoms with Gasteiger partial charge in [-0.25, -0.2) is 9.59 Å². The van der Waals surface area contributed by atoms with Gasteiger partial charge in [0.25, 0.3) is 0 Å². The van der Waals surface area contributed by atoms with Gasteiger partial charge in [0, 0.05) is 12.2 Å². The summed E-state index contributed by atoms with van der Waals surface area (Å²) in [7, 11) is 2.96. The number of carbonyl (C=O) groups is 2. The van der Waals surface area contributed by atoms with Gasteiger partial charge in [-0.3, -0.25) is 9.80 Å². The van der Waals surface area contributed by atoms with Crippen molar-refractivity contribution < 1.29 is 23.8 Å². The molecule has 3 fully saturated rings. The summed E-state index contributed by atoms with van der Waals surface area (Å²) in [5.41, 5.74) is 1.96. The monoisotopic (exact) mass is 424 g/mol. The maximum Gasteiger partial charge on any atom is 0.414 e. The maximum atomic E-state index is 13.3. The van der Waals surface area contributed by atoms with Crippen LogP contribution in [0.1, 0.15) is 28.8 Å². The van der Waals surface area contributed by atoms with E-state index in [0.29, 0.717) is 22.9 Å². The van der Waals surface area contributed by atoms with Crippen LogP contribution in [0.15, 0.2) is 48.5 Å². The quantitative estimate of drug-likeness (QED) is 0.659. The van der Waals surface area contributed by atoms with Crippen LogP contribution in [-0.2, 0) is 16.0 Å². The molecule has 31 heavy (non-hydrogen) atoms. The number of ether oxygens (including phenoxy) is 3. The Hall–Kier alpha value is -3.06. The number of carbonyl (C=O) groups excluding carboxylic acids is 2. The number of anilines is 1. The molecule has 3 heterocycles. The van der Waals surface area contributed by atoms with Crippen molar-refractivity contribution in [2.45, 2.75) is 25.5 Å². The van der Waals surface area contributed by atoms with E-state index in [1.807, 2.05) is 30.3 Å². The molecule has 3 aliphatic rings. The number of esters is 1. The number of piperidine rings is 3. The number of benzene rings is 2. The van der Waals surface area contributed by atoms with Crippen LogP contribution in [0.2, 0.25) is 0 Å². The Morgan fingerprint density at radius 1 is 1.06 bits per heavy atom. The molecule has 3 saturated heterocycles. The van der Waals surface area contributed by atoms with E-state index in [1.54, 1.807) is 30.2 Å². The summed E-state index contributed by atoms with van der Waals surface area (Å²) >= 11 is 0. The van der Waals surface area contributed by atoms with Gasteiger partial charge in [-0.05, 0) is 73.8 Å². The first-order chi connectivity index (χ1) is 15.1. The first-order valence-electron chi connectivity index (χ1n) is 10.6. The Labute approximate surface area is 182 Å². The van der Waals surface area contributed by atoms with E-state index in [-0.39, 0.29) is 18.7 Å². The second kappa shape index (κ2) is 9.39. The summed E-state index contributed by atoms with van der Waals surface area (Å²) in [6.07, 6.45) is 1.67. The molecule has 7 heteroatoms. The number of fused-ring (bicyclic) bond motifs is 3. The van der Waals surface area contributed by atoms with Crippen LogP contribution < -0.4 is 9.64 Å². The molecule has 3 aliphatic heterocycles. The van der Waals surface area contributed by atoms with E-state index >= 15 is 0 Å². The van der Waals surface area contributed by atoms with Gasteiger partial charge in [0.05, 0.1) is 26.3 Å². The number of methoxy groups -OCH3 is 2. The minimum absolute atomic E-state index is 0.0860. The summed E-state index contributed by atoms with van der Waals surface area (Å²) in [4.78, 5) is 29.2. The van der Waals surface area contributed by atoms with E-state index < -0.39 is 5.97 Å². The fraction of sp³-hybridized carbons (Fsp3) is 0.417. The molecule has 0 radical (unpaired) electrons. The lowest BCUT2D eigenvalue weighted by Gasteiger charge is -2.44. The highest BCUT2D eigenvalue weighted by Crippen LogP contribution is 2.31. The summed E-state index contributed by atoms with van der Waals surface area (Å²) in [5, 5.41) is 0. The lowest BCUT2D eigenvalue weighted by Crippen LogP contribution is -2.53. The van der Waals surface area contributed by atoms with Gasteiger partial charge in [-0.15, -0.1) is 0 Å². The van der Waals surface area contributed by atoms with Crippen molar-refractivity contribution in [1.29, 1.82) is 0 Å². The lowest BCUT2D eigenvalue weighted by atomic mass is 9.86. The molecule has 2 aromatic rings. The van der Waals surface area contributed by atoms with Gasteiger partial charge in [-0.2, -0.15) is 0 Å². The SMILES string of the molecule is COC(=O)c1cccc(CN(C(=O)O[C@H]2CN3CCC2CC3)c2ccc(OC)cc2)c1. The predicted octanol–water partition coefficient (Wildman–Crippen LogP) is 3.72. The normalized spacial score (nSPS) is 21.9. The van der Waals surface area contributed by atoms with Crippen molar-refractivity contribution in [1.82, 2.24) is 4.90 Å². The summed E-state index contributed by atoms with van der Waals surface area (Å²) in [6.45, 7) is 3.24. The number of rotatable bonds is 6. The third-order valence-corrected chi connectivity index (χ3v) is 6.14. The van der Waals surface area contributed by atoms with E-state index in [2.05, 4.69) is 4.90 Å². The first kappa shape index (κ1) is 21.2. The van der Waals surface area contributed by atoms with Crippen molar-refractivity contribution in [3.63, 3.8) is 0 Å². The summed E-state index contributed by atoms with van der Waals surface area (Å²) < 4.78 is 16.1. The Morgan fingerprint density at radius 3 is 2.42 bits per heavy atom. The van der Waals surface area contributed by atoms with Gasteiger partial charge in [0.2, 0.25) is 0 Å².